The summed E-state index contributed by atoms with van der Waals surface area (Å²) in [5.41, 5.74) is 1.14. The van der Waals surface area contributed by atoms with Gasteiger partial charge in [-0.25, -0.2) is 9.59 Å². The summed E-state index contributed by atoms with van der Waals surface area (Å²) in [7, 11) is 0. The first-order valence-electron chi connectivity index (χ1n) is 8.67. The molecule has 2 aliphatic carbocycles. The van der Waals surface area contributed by atoms with Gasteiger partial charge in [0, 0.05) is 0 Å². The molecule has 0 aliphatic heterocycles. The van der Waals surface area contributed by atoms with E-state index in [-0.39, 0.29) is 17.9 Å². The van der Waals surface area contributed by atoms with Gasteiger partial charge in [0.1, 0.15) is 12.6 Å². The molecule has 1 aromatic rings. The molecule has 5 nitrogen and oxygen atoms in total. The molecule has 2 fully saturated rings. The molecule has 0 spiro atoms. The Balaban J connectivity index is 1.58. The summed E-state index contributed by atoms with van der Waals surface area (Å²) in [4.78, 5) is 23.8. The molecule has 5 heteroatoms. The van der Waals surface area contributed by atoms with Gasteiger partial charge in [-0.3, -0.25) is 0 Å². The minimum absolute atomic E-state index is 0.000671. The Morgan fingerprint density at radius 2 is 1.96 bits per heavy atom. The van der Waals surface area contributed by atoms with Crippen LogP contribution < -0.4 is 5.32 Å². The molecule has 2 unspecified atom stereocenters. The van der Waals surface area contributed by atoms with E-state index in [0.29, 0.717) is 5.92 Å². The molecule has 0 bridgehead atoms. The number of carboxylic acid groups (broad SMARTS) is 1. The van der Waals surface area contributed by atoms with E-state index in [0.717, 1.165) is 37.7 Å². The van der Waals surface area contributed by atoms with Crippen LogP contribution in [-0.4, -0.2) is 23.2 Å². The third-order valence-electron chi connectivity index (χ3n) is 5.24. The second-order valence-corrected chi connectivity index (χ2v) is 7.54. The average molecular weight is 331 g/mol. The van der Waals surface area contributed by atoms with E-state index in [1.807, 2.05) is 30.3 Å². The normalized spacial score (nSPS) is 20.7. The predicted molar refractivity (Wildman–Crippen MR) is 89.4 cm³/mol. The van der Waals surface area contributed by atoms with Crippen molar-refractivity contribution in [3.05, 3.63) is 35.9 Å². The van der Waals surface area contributed by atoms with Crippen molar-refractivity contribution in [1.82, 2.24) is 5.32 Å². The number of alkyl carbamates (subject to hydrolysis) is 1. The van der Waals surface area contributed by atoms with Gasteiger partial charge >= 0.3 is 12.1 Å². The lowest BCUT2D eigenvalue weighted by Crippen LogP contribution is -2.47. The highest BCUT2D eigenvalue weighted by atomic mass is 16.5. The second-order valence-electron chi connectivity index (χ2n) is 7.54. The standard InChI is InChI=1S/C19H25NO4/c1-19(9-10-19)11-15(14-7-8-14)16(17(21)22)20-18(23)24-12-13-5-3-2-4-6-13/h2-6,14-16H,7-12H2,1H3,(H,20,23)(H,21,22). The fraction of sp³-hybridized carbons (Fsp3) is 0.579. The topological polar surface area (TPSA) is 75.6 Å². The summed E-state index contributed by atoms with van der Waals surface area (Å²) in [6.07, 6.45) is 4.64. The van der Waals surface area contributed by atoms with Crippen LogP contribution in [0, 0.1) is 17.3 Å². The van der Waals surface area contributed by atoms with Crippen LogP contribution in [0.4, 0.5) is 4.79 Å². The molecule has 1 aromatic carbocycles. The minimum Gasteiger partial charge on any atom is -0.480 e. The lowest BCUT2D eigenvalue weighted by Gasteiger charge is -2.27. The van der Waals surface area contributed by atoms with Gasteiger partial charge in [0.15, 0.2) is 0 Å². The lowest BCUT2D eigenvalue weighted by molar-refractivity contribution is -0.141. The highest BCUT2D eigenvalue weighted by molar-refractivity contribution is 5.80. The van der Waals surface area contributed by atoms with Crippen LogP contribution in [0.15, 0.2) is 30.3 Å². The van der Waals surface area contributed by atoms with Crippen LogP contribution in [0.3, 0.4) is 0 Å². The number of hydrogen-bond donors (Lipinski definition) is 2. The Hall–Kier alpha value is -2.04. The first-order chi connectivity index (χ1) is 11.5. The maximum Gasteiger partial charge on any atom is 0.408 e. The van der Waals surface area contributed by atoms with E-state index < -0.39 is 18.1 Å². The van der Waals surface area contributed by atoms with E-state index in [1.54, 1.807) is 0 Å². The Morgan fingerprint density at radius 1 is 1.29 bits per heavy atom. The van der Waals surface area contributed by atoms with Crippen LogP contribution in [0.5, 0.6) is 0 Å². The molecule has 0 heterocycles. The van der Waals surface area contributed by atoms with Crippen molar-refractivity contribution < 1.29 is 19.4 Å². The Bertz CT molecular complexity index is 593. The van der Waals surface area contributed by atoms with E-state index in [4.69, 9.17) is 4.74 Å². The zero-order valence-corrected chi connectivity index (χ0v) is 14.0. The molecule has 130 valence electrons. The number of benzene rings is 1. The highest BCUT2D eigenvalue weighted by Crippen LogP contribution is 2.54. The largest absolute Gasteiger partial charge is 0.480 e. The van der Waals surface area contributed by atoms with Crippen molar-refractivity contribution in [2.24, 2.45) is 17.3 Å². The zero-order chi connectivity index (χ0) is 17.2. The van der Waals surface area contributed by atoms with Crippen molar-refractivity contribution in [3.63, 3.8) is 0 Å². The van der Waals surface area contributed by atoms with Crippen molar-refractivity contribution >= 4 is 12.1 Å². The Kier molecular flexibility index (Phi) is 4.78. The van der Waals surface area contributed by atoms with Gasteiger partial charge in [0.05, 0.1) is 0 Å². The van der Waals surface area contributed by atoms with E-state index in [2.05, 4.69) is 12.2 Å². The molecule has 3 rings (SSSR count). The van der Waals surface area contributed by atoms with Crippen LogP contribution in [0.2, 0.25) is 0 Å². The van der Waals surface area contributed by atoms with Crippen LogP contribution in [0.25, 0.3) is 0 Å². The molecule has 0 radical (unpaired) electrons. The third-order valence-corrected chi connectivity index (χ3v) is 5.24. The summed E-state index contributed by atoms with van der Waals surface area (Å²) < 4.78 is 5.19. The van der Waals surface area contributed by atoms with Gasteiger partial charge < -0.3 is 15.2 Å². The summed E-state index contributed by atoms with van der Waals surface area (Å²) in [5.74, 6) is -0.551. The SMILES string of the molecule is CC1(CC(C2CC2)C(NC(=O)OCc2ccccc2)C(=O)O)CC1. The number of rotatable bonds is 8. The van der Waals surface area contributed by atoms with Crippen molar-refractivity contribution in [2.45, 2.75) is 51.7 Å². The maximum atomic E-state index is 12.1. The maximum absolute atomic E-state index is 12.1. The molecule has 2 aliphatic rings. The first-order valence-corrected chi connectivity index (χ1v) is 8.67. The summed E-state index contributed by atoms with van der Waals surface area (Å²) in [6, 6.07) is 8.50. The number of ether oxygens (including phenoxy) is 1. The van der Waals surface area contributed by atoms with Gasteiger partial charge in [0.25, 0.3) is 0 Å². The third kappa shape index (κ3) is 4.49. The summed E-state index contributed by atoms with van der Waals surface area (Å²) in [6.45, 7) is 2.35. The van der Waals surface area contributed by atoms with E-state index >= 15 is 0 Å². The molecule has 1 amide bonds. The second kappa shape index (κ2) is 6.83. The van der Waals surface area contributed by atoms with Crippen LogP contribution >= 0.6 is 0 Å². The average Bonchev–Trinajstić information content (AvgIpc) is 3.47. The summed E-state index contributed by atoms with van der Waals surface area (Å²) >= 11 is 0. The number of carbonyl (C=O) groups excluding carboxylic acids is 1. The lowest BCUT2D eigenvalue weighted by atomic mass is 9.84. The zero-order valence-electron chi connectivity index (χ0n) is 14.0. The van der Waals surface area contributed by atoms with Gasteiger partial charge in [0.2, 0.25) is 0 Å². The number of amides is 1. The fourth-order valence-electron chi connectivity index (χ4n) is 3.31. The van der Waals surface area contributed by atoms with Crippen molar-refractivity contribution in [1.29, 1.82) is 0 Å². The Morgan fingerprint density at radius 3 is 2.50 bits per heavy atom. The molecule has 2 N–H and O–H groups in total. The van der Waals surface area contributed by atoms with Crippen LogP contribution in [0.1, 0.15) is 44.6 Å². The molecule has 2 atom stereocenters. The molecule has 2 saturated carbocycles. The van der Waals surface area contributed by atoms with Gasteiger partial charge in [-0.05, 0) is 54.9 Å². The monoisotopic (exact) mass is 331 g/mol. The first kappa shape index (κ1) is 16.8. The summed E-state index contributed by atoms with van der Waals surface area (Å²) in [5, 5.41) is 12.2. The fourth-order valence-corrected chi connectivity index (χ4v) is 3.31. The van der Waals surface area contributed by atoms with Crippen molar-refractivity contribution in [3.8, 4) is 0 Å². The highest BCUT2D eigenvalue weighted by Gasteiger charge is 2.48. The number of aliphatic carboxylic acids is 1. The van der Waals surface area contributed by atoms with E-state index in [1.165, 1.54) is 0 Å². The smallest absolute Gasteiger partial charge is 0.408 e. The van der Waals surface area contributed by atoms with Gasteiger partial charge in [-0.2, -0.15) is 0 Å². The molecular formula is C19H25NO4. The van der Waals surface area contributed by atoms with Crippen LogP contribution in [-0.2, 0) is 16.1 Å². The number of hydrogen-bond acceptors (Lipinski definition) is 3. The van der Waals surface area contributed by atoms with Crippen molar-refractivity contribution in [2.75, 3.05) is 0 Å². The van der Waals surface area contributed by atoms with E-state index in [9.17, 15) is 14.7 Å². The molecule has 24 heavy (non-hydrogen) atoms. The predicted octanol–water partition coefficient (Wildman–Crippen LogP) is 3.58. The molecule has 0 aromatic heterocycles. The number of carboxylic acids is 1. The molecular weight excluding hydrogens is 306 g/mol. The van der Waals surface area contributed by atoms with Gasteiger partial charge in [-0.1, -0.05) is 37.3 Å². The number of carbonyl (C=O) groups is 2. The quantitative estimate of drug-likeness (QED) is 0.763. The number of nitrogens with one attached hydrogen (secondary N) is 1. The van der Waals surface area contributed by atoms with Gasteiger partial charge in [-0.15, -0.1) is 0 Å². The Labute approximate surface area is 142 Å². The molecule has 0 saturated heterocycles. The minimum atomic E-state index is -0.965.